The largest absolute Gasteiger partial charge is 0.485 e. The number of aliphatic hydroxyl groups is 2. The van der Waals surface area contributed by atoms with Crippen molar-refractivity contribution < 1.29 is 24.5 Å². The third-order valence-corrected chi connectivity index (χ3v) is 8.42. The Morgan fingerprint density at radius 3 is 2.64 bits per heavy atom. The molecule has 3 N–H and O–H groups in total. The van der Waals surface area contributed by atoms with Gasteiger partial charge in [-0.2, -0.15) is 0 Å². The topological polar surface area (TPSA) is 95.0 Å². The van der Waals surface area contributed by atoms with Crippen LogP contribution in [0.5, 0.6) is 5.75 Å². The zero-order chi connectivity index (χ0) is 27.6. The molecule has 2 unspecified atom stereocenters. The molecule has 3 atom stereocenters. The van der Waals surface area contributed by atoms with Gasteiger partial charge >= 0.3 is 6.09 Å². The molecule has 1 aliphatic heterocycles. The van der Waals surface area contributed by atoms with Gasteiger partial charge in [-0.1, -0.05) is 36.6 Å². The number of halogens is 2. The van der Waals surface area contributed by atoms with Crippen molar-refractivity contribution in [1.29, 1.82) is 0 Å². The number of amides is 1. The van der Waals surface area contributed by atoms with E-state index < -0.39 is 11.5 Å². The number of fused-ring (bicyclic) bond motifs is 3. The van der Waals surface area contributed by atoms with E-state index in [1.54, 1.807) is 29.2 Å². The highest BCUT2D eigenvalue weighted by Crippen LogP contribution is 2.37. The number of aromatic nitrogens is 1. The van der Waals surface area contributed by atoms with Crippen molar-refractivity contribution in [1.82, 2.24) is 9.88 Å². The van der Waals surface area contributed by atoms with Crippen molar-refractivity contribution in [2.45, 2.75) is 44.0 Å². The first kappa shape index (κ1) is 27.7. The van der Waals surface area contributed by atoms with E-state index in [9.17, 15) is 15.0 Å². The van der Waals surface area contributed by atoms with Crippen molar-refractivity contribution in [2.24, 2.45) is 11.3 Å². The summed E-state index contributed by atoms with van der Waals surface area (Å²) in [6.45, 7) is 2.21. The van der Waals surface area contributed by atoms with Crippen LogP contribution in [0.2, 0.25) is 5.02 Å². The number of aliphatic hydroxyl groups excluding tert-OH is 2. The quantitative estimate of drug-likeness (QED) is 0.332. The van der Waals surface area contributed by atoms with E-state index in [0.717, 1.165) is 22.7 Å². The number of carbonyl (C=O) groups excluding carboxylic acids is 1. The monoisotopic (exact) mass is 570 g/mol. The predicted octanol–water partition coefficient (Wildman–Crippen LogP) is 3.64. The Balaban J connectivity index is 1.43. The normalized spacial score (nSPS) is 21.8. The minimum atomic E-state index is -0.712. The van der Waals surface area contributed by atoms with Crippen LogP contribution in [-0.2, 0) is 11.2 Å². The third-order valence-electron chi connectivity index (χ3n) is 7.87. The maximum absolute atomic E-state index is 13.5. The second kappa shape index (κ2) is 11.7. The molecule has 0 bridgehead atoms. The second-order valence-corrected chi connectivity index (χ2v) is 11.3. The SMILES string of the molecule is CCC(CO)(CO)COC1=CCC([C@H]2c3[nH]c4c(c3CCN2C(=O)Oc2ccc(Cl)cc2)=CC(Cl)CC=4)C#C1. The lowest BCUT2D eigenvalue weighted by Crippen LogP contribution is -2.45. The molecule has 7 nitrogen and oxygen atoms in total. The molecule has 206 valence electrons. The van der Waals surface area contributed by atoms with Crippen LogP contribution in [0.25, 0.3) is 12.2 Å². The number of carbonyl (C=O) groups is 1. The summed E-state index contributed by atoms with van der Waals surface area (Å²) in [5.74, 6) is 7.15. The molecule has 0 spiro atoms. The molecular weight excluding hydrogens is 539 g/mol. The number of allylic oxidation sites excluding steroid dienone is 2. The van der Waals surface area contributed by atoms with E-state index in [4.69, 9.17) is 32.7 Å². The van der Waals surface area contributed by atoms with Gasteiger partial charge in [-0.05, 0) is 67.5 Å². The average molecular weight is 572 g/mol. The Hall–Kier alpha value is -2.89. The molecule has 1 aromatic heterocycles. The fourth-order valence-corrected chi connectivity index (χ4v) is 5.61. The third kappa shape index (κ3) is 5.71. The van der Waals surface area contributed by atoms with Crippen molar-refractivity contribution in [3.8, 4) is 17.6 Å². The van der Waals surface area contributed by atoms with E-state index in [0.29, 0.717) is 42.3 Å². The Morgan fingerprint density at radius 1 is 1.21 bits per heavy atom. The highest BCUT2D eigenvalue weighted by molar-refractivity contribution is 6.30. The Morgan fingerprint density at radius 2 is 1.97 bits per heavy atom. The zero-order valence-electron chi connectivity index (χ0n) is 21.8. The van der Waals surface area contributed by atoms with E-state index >= 15 is 0 Å². The van der Waals surface area contributed by atoms with Crippen LogP contribution in [0.3, 0.4) is 0 Å². The van der Waals surface area contributed by atoms with Crippen LogP contribution >= 0.6 is 23.2 Å². The summed E-state index contributed by atoms with van der Waals surface area (Å²) in [7, 11) is 0. The lowest BCUT2D eigenvalue weighted by atomic mass is 9.85. The van der Waals surface area contributed by atoms with Crippen molar-refractivity contribution in [2.75, 3.05) is 26.4 Å². The standard InChI is InChI=1S/C30H32Cl2N2O5/c1-2-30(16-35,17-36)18-38-22-8-3-19(4-9-22)28-27-24(25-15-21(32)7-12-26(25)33-27)13-14-34(28)29(37)39-23-10-5-20(31)6-11-23/h5-6,8,10-12,15,19,21,28,33,35-36H,2-3,7,13-14,16-18H2,1H3/t19?,21?,28-/m0/s1. The number of hydrogen-bond acceptors (Lipinski definition) is 5. The van der Waals surface area contributed by atoms with Gasteiger partial charge in [-0.25, -0.2) is 4.79 Å². The maximum atomic E-state index is 13.5. The van der Waals surface area contributed by atoms with E-state index in [1.807, 2.05) is 13.0 Å². The fourth-order valence-electron chi connectivity index (χ4n) is 5.27. The van der Waals surface area contributed by atoms with Gasteiger partial charge in [-0.3, -0.25) is 4.90 Å². The molecule has 2 heterocycles. The lowest BCUT2D eigenvalue weighted by Gasteiger charge is -2.38. The Kier molecular flexibility index (Phi) is 8.29. The van der Waals surface area contributed by atoms with E-state index in [-0.39, 0.29) is 37.2 Å². The van der Waals surface area contributed by atoms with Crippen LogP contribution in [0.15, 0.2) is 36.1 Å². The summed E-state index contributed by atoms with van der Waals surface area (Å²) in [6.07, 6.45) is 8.23. The number of ether oxygens (including phenoxy) is 2. The summed E-state index contributed by atoms with van der Waals surface area (Å²) >= 11 is 12.4. The summed E-state index contributed by atoms with van der Waals surface area (Å²) in [5.41, 5.74) is 1.41. The molecule has 0 fully saturated rings. The first-order valence-corrected chi connectivity index (χ1v) is 14.0. The molecule has 0 saturated heterocycles. The molecule has 9 heteroatoms. The van der Waals surface area contributed by atoms with Gasteiger partial charge in [0.2, 0.25) is 0 Å². The lowest BCUT2D eigenvalue weighted by molar-refractivity contribution is -0.00697. The minimum absolute atomic E-state index is 0.0612. The van der Waals surface area contributed by atoms with Crippen LogP contribution < -0.4 is 15.3 Å². The summed E-state index contributed by atoms with van der Waals surface area (Å²) in [5, 5.41) is 22.1. The first-order valence-electron chi connectivity index (χ1n) is 13.2. The van der Waals surface area contributed by atoms with Gasteiger partial charge in [0, 0.05) is 27.8 Å². The van der Waals surface area contributed by atoms with Gasteiger partial charge in [0.15, 0.2) is 5.76 Å². The molecule has 0 radical (unpaired) electrons. The number of H-pyrrole nitrogens is 1. The average Bonchev–Trinajstić information content (AvgIpc) is 3.33. The molecule has 0 saturated carbocycles. The summed E-state index contributed by atoms with van der Waals surface area (Å²) in [4.78, 5) is 18.8. The molecule has 1 amide bonds. The Labute approximate surface area is 237 Å². The number of nitrogens with zero attached hydrogens (tertiary/aromatic N) is 1. The maximum Gasteiger partial charge on any atom is 0.415 e. The number of hydrogen-bond donors (Lipinski definition) is 3. The van der Waals surface area contributed by atoms with Gasteiger partial charge in [0.05, 0.1) is 42.6 Å². The first-order chi connectivity index (χ1) is 18.9. The summed E-state index contributed by atoms with van der Waals surface area (Å²) in [6, 6.07) is 6.35. The Bertz CT molecular complexity index is 1420. The number of aromatic amines is 1. The van der Waals surface area contributed by atoms with E-state index in [1.165, 1.54) is 5.56 Å². The minimum Gasteiger partial charge on any atom is -0.485 e. The van der Waals surface area contributed by atoms with Crippen LogP contribution in [0, 0.1) is 23.2 Å². The second-order valence-electron chi connectivity index (χ2n) is 10.3. The van der Waals surface area contributed by atoms with Crippen LogP contribution in [-0.4, -0.2) is 57.9 Å². The van der Waals surface area contributed by atoms with Crippen molar-refractivity contribution in [3.63, 3.8) is 0 Å². The molecule has 2 aliphatic carbocycles. The molecule has 1 aromatic carbocycles. The highest BCUT2D eigenvalue weighted by atomic mass is 35.5. The molecule has 3 aliphatic rings. The molecule has 39 heavy (non-hydrogen) atoms. The molecule has 2 aromatic rings. The highest BCUT2D eigenvalue weighted by Gasteiger charge is 2.39. The summed E-state index contributed by atoms with van der Waals surface area (Å²) < 4.78 is 11.6. The molecular formula is C30H32Cl2N2O5. The predicted molar refractivity (Wildman–Crippen MR) is 151 cm³/mol. The van der Waals surface area contributed by atoms with Gasteiger partial charge in [-0.15, -0.1) is 11.6 Å². The van der Waals surface area contributed by atoms with Gasteiger partial charge in [0.1, 0.15) is 5.75 Å². The van der Waals surface area contributed by atoms with Crippen LogP contribution in [0.1, 0.15) is 43.5 Å². The zero-order valence-corrected chi connectivity index (χ0v) is 23.3. The number of rotatable bonds is 8. The van der Waals surface area contributed by atoms with Crippen molar-refractivity contribution >= 4 is 41.4 Å². The number of alkyl halides is 1. The fraction of sp³-hybridized carbons (Fsp3) is 0.433. The van der Waals surface area contributed by atoms with Crippen LogP contribution in [0.4, 0.5) is 4.79 Å². The van der Waals surface area contributed by atoms with Gasteiger partial charge in [0.25, 0.3) is 0 Å². The van der Waals surface area contributed by atoms with Gasteiger partial charge < -0.3 is 24.7 Å². The number of benzene rings is 1. The van der Waals surface area contributed by atoms with E-state index in [2.05, 4.69) is 29.0 Å². The number of nitrogens with one attached hydrogen (secondary N) is 1. The molecule has 5 rings (SSSR count). The van der Waals surface area contributed by atoms with Crippen molar-refractivity contribution in [3.05, 3.63) is 62.9 Å². The smallest absolute Gasteiger partial charge is 0.415 e.